The normalized spacial score (nSPS) is 13.1. The summed E-state index contributed by atoms with van der Waals surface area (Å²) in [5, 5.41) is 1.04. The van der Waals surface area contributed by atoms with Crippen LogP contribution in [0.25, 0.3) is 0 Å². The number of nitrogens with zero attached hydrogens (tertiary/aromatic N) is 2. The Morgan fingerprint density at radius 1 is 1.43 bits per heavy atom. The van der Waals surface area contributed by atoms with E-state index in [-0.39, 0.29) is 5.69 Å². The lowest BCUT2D eigenvalue weighted by Gasteiger charge is -2.08. The van der Waals surface area contributed by atoms with Crippen molar-refractivity contribution in [1.29, 1.82) is 0 Å². The zero-order valence-corrected chi connectivity index (χ0v) is 10.3. The van der Waals surface area contributed by atoms with Crippen molar-refractivity contribution in [2.45, 2.75) is 26.3 Å². The Balaban J connectivity index is 2.46. The van der Waals surface area contributed by atoms with E-state index in [4.69, 9.17) is 0 Å². The van der Waals surface area contributed by atoms with E-state index in [1.807, 2.05) is 6.20 Å². The molecule has 0 saturated heterocycles. The molecule has 14 heavy (non-hydrogen) atoms. The lowest BCUT2D eigenvalue weighted by atomic mass is 10.1. The molecule has 1 atom stereocenters. The highest BCUT2D eigenvalue weighted by Crippen LogP contribution is 2.09. The molecule has 1 heterocycles. The Bertz CT molecular complexity index is 329. The van der Waals surface area contributed by atoms with Crippen LogP contribution >= 0.6 is 15.9 Å². The van der Waals surface area contributed by atoms with Gasteiger partial charge >= 0.3 is 5.69 Å². The molecule has 3 nitrogen and oxygen atoms in total. The number of aromatic nitrogens is 2. The quantitative estimate of drug-likeness (QED) is 0.745. The van der Waals surface area contributed by atoms with Gasteiger partial charge in [0.05, 0.1) is 0 Å². The number of rotatable bonds is 5. The standard InChI is InChI=1S/C10H17BrN2O/c1-9(3-5-11)4-6-13-8-7-12(2)10(13)14/h7-9H,3-6H2,1-2H3. The topological polar surface area (TPSA) is 26.9 Å². The molecule has 4 heteroatoms. The molecule has 0 fully saturated rings. The zero-order chi connectivity index (χ0) is 10.6. The Labute approximate surface area is 92.9 Å². The summed E-state index contributed by atoms with van der Waals surface area (Å²) in [6.07, 6.45) is 5.89. The number of hydrogen-bond acceptors (Lipinski definition) is 1. The first-order chi connectivity index (χ1) is 6.65. The van der Waals surface area contributed by atoms with Crippen molar-refractivity contribution in [2.24, 2.45) is 13.0 Å². The summed E-state index contributed by atoms with van der Waals surface area (Å²) < 4.78 is 3.37. The van der Waals surface area contributed by atoms with E-state index in [0.717, 1.165) is 18.3 Å². The first-order valence-corrected chi connectivity index (χ1v) is 6.05. The minimum atomic E-state index is 0.0797. The molecule has 0 aliphatic heterocycles. The van der Waals surface area contributed by atoms with Crippen LogP contribution in [0.1, 0.15) is 19.8 Å². The largest absolute Gasteiger partial charge is 0.327 e. The van der Waals surface area contributed by atoms with E-state index in [1.54, 1.807) is 22.4 Å². The molecule has 1 rings (SSSR count). The van der Waals surface area contributed by atoms with E-state index in [0.29, 0.717) is 5.92 Å². The Hall–Kier alpha value is -0.510. The maximum atomic E-state index is 11.5. The van der Waals surface area contributed by atoms with E-state index in [9.17, 15) is 4.79 Å². The number of hydrogen-bond donors (Lipinski definition) is 0. The monoisotopic (exact) mass is 260 g/mol. The highest BCUT2D eigenvalue weighted by molar-refractivity contribution is 9.09. The van der Waals surface area contributed by atoms with Crippen LogP contribution in [-0.2, 0) is 13.6 Å². The molecule has 0 radical (unpaired) electrons. The smallest absolute Gasteiger partial charge is 0.302 e. The molecule has 1 aromatic heterocycles. The van der Waals surface area contributed by atoms with Gasteiger partial charge in [-0.25, -0.2) is 4.79 Å². The molecule has 0 aliphatic carbocycles. The highest BCUT2D eigenvalue weighted by Gasteiger charge is 2.03. The maximum Gasteiger partial charge on any atom is 0.327 e. The van der Waals surface area contributed by atoms with Crippen LogP contribution < -0.4 is 5.69 Å². The molecule has 0 aliphatic rings. The van der Waals surface area contributed by atoms with Gasteiger partial charge in [-0.3, -0.25) is 4.57 Å². The van der Waals surface area contributed by atoms with Gasteiger partial charge in [0.25, 0.3) is 0 Å². The summed E-state index contributed by atoms with van der Waals surface area (Å²) in [7, 11) is 1.78. The summed E-state index contributed by atoms with van der Waals surface area (Å²) in [6, 6.07) is 0. The van der Waals surface area contributed by atoms with Gasteiger partial charge in [-0.05, 0) is 18.8 Å². The minimum absolute atomic E-state index is 0.0797. The van der Waals surface area contributed by atoms with Gasteiger partial charge in [-0.15, -0.1) is 0 Å². The minimum Gasteiger partial charge on any atom is -0.302 e. The molecule has 1 aromatic rings. The van der Waals surface area contributed by atoms with Gasteiger partial charge < -0.3 is 4.57 Å². The van der Waals surface area contributed by atoms with Crippen LogP contribution in [0.3, 0.4) is 0 Å². The van der Waals surface area contributed by atoms with Gasteiger partial charge in [0, 0.05) is 31.3 Å². The molecule has 80 valence electrons. The molecular formula is C10H17BrN2O. The summed E-state index contributed by atoms with van der Waals surface area (Å²) in [5.74, 6) is 0.668. The number of alkyl halides is 1. The molecule has 1 unspecified atom stereocenters. The third-order valence-corrected chi connectivity index (χ3v) is 2.94. The van der Waals surface area contributed by atoms with Gasteiger partial charge in [0.1, 0.15) is 0 Å². The lowest BCUT2D eigenvalue weighted by Crippen LogP contribution is -2.22. The predicted molar refractivity (Wildman–Crippen MR) is 61.9 cm³/mol. The van der Waals surface area contributed by atoms with Gasteiger partial charge in [0.2, 0.25) is 0 Å². The summed E-state index contributed by atoms with van der Waals surface area (Å²) in [5.41, 5.74) is 0.0797. The second kappa shape index (κ2) is 5.39. The van der Waals surface area contributed by atoms with Gasteiger partial charge in [0.15, 0.2) is 0 Å². The molecule has 0 N–H and O–H groups in total. The molecular weight excluding hydrogens is 244 g/mol. The first-order valence-electron chi connectivity index (χ1n) is 4.93. The van der Waals surface area contributed by atoms with Gasteiger partial charge in [-0.2, -0.15) is 0 Å². The van der Waals surface area contributed by atoms with Crippen molar-refractivity contribution >= 4 is 15.9 Å². The van der Waals surface area contributed by atoms with Crippen LogP contribution in [0.15, 0.2) is 17.2 Å². The fourth-order valence-electron chi connectivity index (χ4n) is 1.37. The van der Waals surface area contributed by atoms with Crippen molar-refractivity contribution in [2.75, 3.05) is 5.33 Å². The second-order valence-electron chi connectivity index (χ2n) is 3.76. The summed E-state index contributed by atoms with van der Waals surface area (Å²) >= 11 is 3.42. The third kappa shape index (κ3) is 3.01. The first kappa shape index (κ1) is 11.6. The van der Waals surface area contributed by atoms with Gasteiger partial charge in [-0.1, -0.05) is 22.9 Å². The maximum absolute atomic E-state index is 11.5. The van der Waals surface area contributed by atoms with Crippen molar-refractivity contribution in [3.63, 3.8) is 0 Å². The van der Waals surface area contributed by atoms with Crippen molar-refractivity contribution in [3.8, 4) is 0 Å². The highest BCUT2D eigenvalue weighted by atomic mass is 79.9. The molecule has 0 saturated carbocycles. The molecule has 0 spiro atoms. The van der Waals surface area contributed by atoms with E-state index in [1.165, 1.54) is 6.42 Å². The van der Waals surface area contributed by atoms with Crippen LogP contribution in [0, 0.1) is 5.92 Å². The van der Waals surface area contributed by atoms with E-state index < -0.39 is 0 Å². The van der Waals surface area contributed by atoms with Crippen LogP contribution in [0.5, 0.6) is 0 Å². The Morgan fingerprint density at radius 3 is 2.64 bits per heavy atom. The van der Waals surface area contributed by atoms with Crippen LogP contribution in [0.2, 0.25) is 0 Å². The SMILES string of the molecule is CC(CCBr)CCn1ccn(C)c1=O. The molecule has 0 amide bonds. The average molecular weight is 261 g/mol. The van der Waals surface area contributed by atoms with Crippen molar-refractivity contribution in [1.82, 2.24) is 9.13 Å². The Kier molecular flexibility index (Phi) is 4.45. The predicted octanol–water partition coefficient (Wildman–Crippen LogP) is 2.00. The number of imidazole rings is 1. The zero-order valence-electron chi connectivity index (χ0n) is 8.74. The molecule has 0 aromatic carbocycles. The van der Waals surface area contributed by atoms with Crippen molar-refractivity contribution in [3.05, 3.63) is 22.9 Å². The number of halogens is 1. The van der Waals surface area contributed by atoms with Crippen molar-refractivity contribution < 1.29 is 0 Å². The average Bonchev–Trinajstić information content (AvgIpc) is 2.46. The van der Waals surface area contributed by atoms with E-state index in [2.05, 4.69) is 22.9 Å². The summed E-state index contributed by atoms with van der Waals surface area (Å²) in [6.45, 7) is 3.04. The lowest BCUT2D eigenvalue weighted by molar-refractivity contribution is 0.464. The Morgan fingerprint density at radius 2 is 2.14 bits per heavy atom. The number of aryl methyl sites for hydroxylation is 2. The fraction of sp³-hybridized carbons (Fsp3) is 0.700. The third-order valence-electron chi connectivity index (χ3n) is 2.48. The van der Waals surface area contributed by atoms with Crippen LogP contribution in [0.4, 0.5) is 0 Å². The second-order valence-corrected chi connectivity index (χ2v) is 4.55. The molecule has 0 bridgehead atoms. The fourth-order valence-corrected chi connectivity index (χ4v) is 2.15. The van der Waals surface area contributed by atoms with E-state index >= 15 is 0 Å². The summed E-state index contributed by atoms with van der Waals surface area (Å²) in [4.78, 5) is 11.5. The van der Waals surface area contributed by atoms with Crippen LogP contribution in [-0.4, -0.2) is 14.5 Å².